The highest BCUT2D eigenvalue weighted by molar-refractivity contribution is 6.06. The van der Waals surface area contributed by atoms with Crippen molar-refractivity contribution in [2.75, 3.05) is 12.4 Å². The van der Waals surface area contributed by atoms with Gasteiger partial charge in [-0.05, 0) is 42.7 Å². The summed E-state index contributed by atoms with van der Waals surface area (Å²) in [5, 5.41) is 5.80. The van der Waals surface area contributed by atoms with E-state index in [0.29, 0.717) is 29.5 Å². The predicted octanol–water partition coefficient (Wildman–Crippen LogP) is 2.77. The highest BCUT2D eigenvalue weighted by Gasteiger charge is 2.23. The molecule has 0 atom stereocenters. The van der Waals surface area contributed by atoms with Gasteiger partial charge in [0.05, 0.1) is 19.1 Å². The highest BCUT2D eigenvalue weighted by Crippen LogP contribution is 2.20. The molecular weight excluding hydrogens is 304 g/mol. The average molecular weight is 324 g/mol. The van der Waals surface area contributed by atoms with E-state index in [2.05, 4.69) is 10.6 Å². The second-order valence-electron chi connectivity index (χ2n) is 5.87. The van der Waals surface area contributed by atoms with Crippen LogP contribution in [0.15, 0.2) is 48.5 Å². The van der Waals surface area contributed by atoms with Gasteiger partial charge < -0.3 is 15.4 Å². The van der Waals surface area contributed by atoms with E-state index < -0.39 is 0 Å². The normalized spacial score (nSPS) is 13.2. The van der Waals surface area contributed by atoms with Crippen LogP contribution >= 0.6 is 0 Å². The van der Waals surface area contributed by atoms with Crippen LogP contribution in [-0.2, 0) is 11.2 Å². The third-order valence-electron chi connectivity index (χ3n) is 3.87. The maximum absolute atomic E-state index is 12.3. The van der Waals surface area contributed by atoms with E-state index in [1.165, 1.54) is 7.11 Å². The molecule has 3 rings (SSSR count). The van der Waals surface area contributed by atoms with Crippen LogP contribution in [0.3, 0.4) is 0 Å². The van der Waals surface area contributed by atoms with E-state index in [1.807, 2.05) is 18.2 Å². The first-order chi connectivity index (χ1) is 11.7. The molecule has 0 heterocycles. The number of carbonyl (C=O) groups is 2. The number of hydrogen-bond acceptors (Lipinski definition) is 3. The summed E-state index contributed by atoms with van der Waals surface area (Å²) in [5.41, 5.74) is 2.08. The lowest BCUT2D eigenvalue weighted by molar-refractivity contribution is -0.120. The number of anilines is 1. The van der Waals surface area contributed by atoms with Gasteiger partial charge in [-0.3, -0.25) is 9.59 Å². The molecule has 0 spiro atoms. The molecule has 0 radical (unpaired) electrons. The molecule has 1 fully saturated rings. The predicted molar refractivity (Wildman–Crippen MR) is 92.3 cm³/mol. The van der Waals surface area contributed by atoms with Gasteiger partial charge in [0.1, 0.15) is 5.75 Å². The van der Waals surface area contributed by atoms with E-state index >= 15 is 0 Å². The molecule has 0 aliphatic heterocycles. The number of methoxy groups -OCH3 is 1. The Bertz CT molecular complexity index is 737. The third kappa shape index (κ3) is 4.13. The van der Waals surface area contributed by atoms with Crippen LogP contribution in [0.25, 0.3) is 0 Å². The van der Waals surface area contributed by atoms with Crippen LogP contribution in [0.4, 0.5) is 5.69 Å². The number of benzene rings is 2. The molecule has 5 nitrogen and oxygen atoms in total. The molecule has 2 amide bonds. The summed E-state index contributed by atoms with van der Waals surface area (Å²) < 4.78 is 5.20. The fourth-order valence-electron chi connectivity index (χ4n) is 2.43. The summed E-state index contributed by atoms with van der Waals surface area (Å²) in [6.07, 6.45) is 2.52. The minimum absolute atomic E-state index is 0.0447. The summed E-state index contributed by atoms with van der Waals surface area (Å²) in [6, 6.07) is 14.7. The van der Waals surface area contributed by atoms with E-state index in [9.17, 15) is 9.59 Å². The zero-order valence-electron chi connectivity index (χ0n) is 13.5. The molecule has 1 saturated carbocycles. The second-order valence-corrected chi connectivity index (χ2v) is 5.87. The summed E-state index contributed by atoms with van der Waals surface area (Å²) in [4.78, 5) is 24.1. The summed E-state index contributed by atoms with van der Waals surface area (Å²) >= 11 is 0. The number of rotatable bonds is 6. The van der Waals surface area contributed by atoms with Crippen molar-refractivity contribution in [1.29, 1.82) is 0 Å². The fraction of sp³-hybridized carbons (Fsp3) is 0.263. The molecule has 0 unspecified atom stereocenters. The molecule has 2 N–H and O–H groups in total. The Hall–Kier alpha value is -2.82. The molecule has 124 valence electrons. The molecule has 2 aromatic rings. The fourth-order valence-corrected chi connectivity index (χ4v) is 2.43. The Kier molecular flexibility index (Phi) is 4.79. The van der Waals surface area contributed by atoms with Crippen molar-refractivity contribution >= 4 is 17.5 Å². The lowest BCUT2D eigenvalue weighted by Gasteiger charge is -2.10. The summed E-state index contributed by atoms with van der Waals surface area (Å²) in [5.74, 6) is 0.346. The van der Waals surface area contributed by atoms with Crippen molar-refractivity contribution in [3.8, 4) is 5.75 Å². The largest absolute Gasteiger partial charge is 0.496 e. The zero-order valence-corrected chi connectivity index (χ0v) is 13.5. The first-order valence-electron chi connectivity index (χ1n) is 7.98. The van der Waals surface area contributed by atoms with Crippen molar-refractivity contribution in [1.82, 2.24) is 5.32 Å². The van der Waals surface area contributed by atoms with Crippen molar-refractivity contribution in [3.63, 3.8) is 0 Å². The Morgan fingerprint density at radius 1 is 1.08 bits per heavy atom. The van der Waals surface area contributed by atoms with Crippen molar-refractivity contribution in [3.05, 3.63) is 59.7 Å². The average Bonchev–Trinajstić information content (AvgIpc) is 3.40. The number of para-hydroxylation sites is 1. The molecule has 0 saturated heterocycles. The smallest absolute Gasteiger partial charge is 0.259 e. The number of hydrogen-bond donors (Lipinski definition) is 2. The van der Waals surface area contributed by atoms with E-state index in [-0.39, 0.29) is 11.8 Å². The first kappa shape index (κ1) is 16.1. The van der Waals surface area contributed by atoms with Crippen LogP contribution in [0.1, 0.15) is 28.8 Å². The lowest BCUT2D eigenvalue weighted by atomic mass is 10.1. The molecule has 0 aromatic heterocycles. The maximum Gasteiger partial charge on any atom is 0.259 e. The van der Waals surface area contributed by atoms with Crippen molar-refractivity contribution < 1.29 is 14.3 Å². The molecule has 1 aliphatic rings. The van der Waals surface area contributed by atoms with E-state index in [4.69, 9.17) is 4.74 Å². The van der Waals surface area contributed by atoms with Gasteiger partial charge in [-0.1, -0.05) is 24.3 Å². The van der Waals surface area contributed by atoms with Gasteiger partial charge in [0.25, 0.3) is 5.91 Å². The molecule has 24 heavy (non-hydrogen) atoms. The SMILES string of the molecule is COc1ccccc1C(=O)Nc1ccc(CC(=O)NC2CC2)cc1. The van der Waals surface area contributed by atoms with Gasteiger partial charge in [-0.25, -0.2) is 0 Å². The standard InChI is InChI=1S/C19H20N2O3/c1-24-17-5-3-2-4-16(17)19(23)21-15-8-6-13(7-9-15)12-18(22)20-14-10-11-14/h2-9,14H,10-12H2,1H3,(H,20,22)(H,21,23). The molecule has 1 aliphatic carbocycles. The van der Waals surface area contributed by atoms with Crippen molar-refractivity contribution in [2.24, 2.45) is 0 Å². The number of carbonyl (C=O) groups excluding carboxylic acids is 2. The van der Waals surface area contributed by atoms with Crippen LogP contribution in [0.5, 0.6) is 5.75 Å². The molecular formula is C19H20N2O3. The van der Waals surface area contributed by atoms with E-state index in [1.54, 1.807) is 30.3 Å². The minimum Gasteiger partial charge on any atom is -0.496 e. The van der Waals surface area contributed by atoms with Gasteiger partial charge in [0, 0.05) is 11.7 Å². The van der Waals surface area contributed by atoms with Gasteiger partial charge in [0.2, 0.25) is 5.91 Å². The Morgan fingerprint density at radius 2 is 1.79 bits per heavy atom. The third-order valence-corrected chi connectivity index (χ3v) is 3.87. The Morgan fingerprint density at radius 3 is 2.46 bits per heavy atom. The van der Waals surface area contributed by atoms with Crippen LogP contribution in [0, 0.1) is 0 Å². The topological polar surface area (TPSA) is 67.4 Å². The Labute approximate surface area is 141 Å². The lowest BCUT2D eigenvalue weighted by Crippen LogP contribution is -2.26. The molecule has 2 aromatic carbocycles. The van der Waals surface area contributed by atoms with Crippen LogP contribution in [0.2, 0.25) is 0 Å². The monoisotopic (exact) mass is 324 g/mol. The molecule has 5 heteroatoms. The van der Waals surface area contributed by atoms with Gasteiger partial charge in [-0.15, -0.1) is 0 Å². The zero-order chi connectivity index (χ0) is 16.9. The molecule has 0 bridgehead atoms. The van der Waals surface area contributed by atoms with Gasteiger partial charge >= 0.3 is 0 Å². The van der Waals surface area contributed by atoms with Gasteiger partial charge in [-0.2, -0.15) is 0 Å². The van der Waals surface area contributed by atoms with E-state index in [0.717, 1.165) is 18.4 Å². The van der Waals surface area contributed by atoms with Crippen LogP contribution in [-0.4, -0.2) is 25.0 Å². The second kappa shape index (κ2) is 7.17. The summed E-state index contributed by atoms with van der Waals surface area (Å²) in [6.45, 7) is 0. The number of amides is 2. The minimum atomic E-state index is -0.230. The van der Waals surface area contributed by atoms with Crippen molar-refractivity contribution in [2.45, 2.75) is 25.3 Å². The summed E-state index contributed by atoms with van der Waals surface area (Å²) in [7, 11) is 1.54. The number of nitrogens with one attached hydrogen (secondary N) is 2. The highest BCUT2D eigenvalue weighted by atomic mass is 16.5. The number of ether oxygens (including phenoxy) is 1. The maximum atomic E-state index is 12.3. The van der Waals surface area contributed by atoms with Crippen LogP contribution < -0.4 is 15.4 Å². The first-order valence-corrected chi connectivity index (χ1v) is 7.98. The Balaban J connectivity index is 1.61. The van der Waals surface area contributed by atoms with Gasteiger partial charge in [0.15, 0.2) is 0 Å². The quantitative estimate of drug-likeness (QED) is 0.858.